The number of hydrogen-bond donors (Lipinski definition) is 1. The van der Waals surface area contributed by atoms with E-state index in [1.807, 2.05) is 4.90 Å². The number of rotatable bonds is 3. The highest BCUT2D eigenvalue weighted by molar-refractivity contribution is 7.93. The number of aromatic nitrogens is 2. The van der Waals surface area contributed by atoms with E-state index >= 15 is 0 Å². The van der Waals surface area contributed by atoms with E-state index in [4.69, 9.17) is 4.74 Å². The lowest BCUT2D eigenvalue weighted by atomic mass is 10.2. The number of carbonyl (C=O) groups excluding carboxylic acids is 1. The topological polar surface area (TPSA) is 131 Å². The Morgan fingerprint density at radius 3 is 2.62 bits per heavy atom. The summed E-state index contributed by atoms with van der Waals surface area (Å²) in [5.74, 6) is -1.87. The molecule has 12 heteroatoms. The second-order valence-electron chi connectivity index (χ2n) is 6.72. The zero-order chi connectivity index (χ0) is 20.8. The molecule has 29 heavy (non-hydrogen) atoms. The minimum Gasteiger partial charge on any atom is -0.501 e. The number of methoxy groups -OCH3 is 1. The van der Waals surface area contributed by atoms with Crippen LogP contribution in [0.25, 0.3) is 5.65 Å². The fourth-order valence-corrected chi connectivity index (χ4v) is 5.08. The molecule has 0 radical (unpaired) electrons. The van der Waals surface area contributed by atoms with Crippen LogP contribution in [0.15, 0.2) is 17.1 Å². The highest BCUT2D eigenvalue weighted by Crippen LogP contribution is 2.32. The number of sulfonamides is 1. The second-order valence-corrected chi connectivity index (χ2v) is 8.74. The van der Waals surface area contributed by atoms with E-state index in [-0.39, 0.29) is 23.6 Å². The summed E-state index contributed by atoms with van der Waals surface area (Å²) in [6.07, 6.45) is 1.91. The smallest absolute Gasteiger partial charge is 0.360 e. The van der Waals surface area contributed by atoms with Gasteiger partial charge in [-0.2, -0.15) is 0 Å². The summed E-state index contributed by atoms with van der Waals surface area (Å²) in [6.45, 7) is 2.34. The van der Waals surface area contributed by atoms with Crippen LogP contribution in [0.5, 0.6) is 5.75 Å². The zero-order valence-corrected chi connectivity index (χ0v) is 16.5. The van der Waals surface area contributed by atoms with E-state index < -0.39 is 33.0 Å². The van der Waals surface area contributed by atoms with Crippen LogP contribution in [0.1, 0.15) is 16.9 Å². The number of carbonyl (C=O) groups is 1. The van der Waals surface area contributed by atoms with Crippen molar-refractivity contribution in [2.75, 3.05) is 54.9 Å². The van der Waals surface area contributed by atoms with Crippen molar-refractivity contribution in [2.45, 2.75) is 6.42 Å². The Balaban J connectivity index is 2.01. The van der Waals surface area contributed by atoms with Crippen molar-refractivity contribution in [3.8, 4) is 5.75 Å². The number of fused-ring (bicyclic) bond motifs is 1. The third kappa shape index (κ3) is 3.27. The molecule has 0 amide bonds. The molecule has 0 unspecified atom stereocenters. The summed E-state index contributed by atoms with van der Waals surface area (Å²) in [6, 6.07) is 1.63. The number of aromatic hydroxyl groups is 1. The predicted molar refractivity (Wildman–Crippen MR) is 103 cm³/mol. The molecule has 2 aromatic heterocycles. The van der Waals surface area contributed by atoms with Crippen molar-refractivity contribution in [1.82, 2.24) is 9.38 Å². The monoisotopic (exact) mass is 424 g/mol. The van der Waals surface area contributed by atoms with Crippen LogP contribution in [0, 0.1) is 0 Å². The number of pyridine rings is 1. The number of ether oxygens (including phenoxy) is 2. The minimum atomic E-state index is -3.58. The minimum absolute atomic E-state index is 0.0207. The van der Waals surface area contributed by atoms with Crippen molar-refractivity contribution in [3.05, 3.63) is 28.3 Å². The third-order valence-corrected chi connectivity index (χ3v) is 6.85. The second kappa shape index (κ2) is 7.19. The molecule has 4 heterocycles. The summed E-state index contributed by atoms with van der Waals surface area (Å²) in [4.78, 5) is 30.8. The van der Waals surface area contributed by atoms with Crippen molar-refractivity contribution in [3.63, 3.8) is 0 Å². The van der Waals surface area contributed by atoms with Gasteiger partial charge in [-0.05, 0) is 12.5 Å². The predicted octanol–water partition coefficient (Wildman–Crippen LogP) is -0.437. The summed E-state index contributed by atoms with van der Waals surface area (Å²) in [5.41, 5.74) is -0.728. The summed E-state index contributed by atoms with van der Waals surface area (Å²) >= 11 is 0. The summed E-state index contributed by atoms with van der Waals surface area (Å²) < 4.78 is 37.3. The van der Waals surface area contributed by atoms with Crippen LogP contribution in [0.3, 0.4) is 0 Å². The van der Waals surface area contributed by atoms with Crippen molar-refractivity contribution in [1.29, 1.82) is 0 Å². The normalized spacial score (nSPS) is 18.9. The Bertz CT molecular complexity index is 1140. The van der Waals surface area contributed by atoms with Gasteiger partial charge in [-0.1, -0.05) is 0 Å². The van der Waals surface area contributed by atoms with Crippen molar-refractivity contribution < 1.29 is 27.8 Å². The molecule has 0 bridgehead atoms. The lowest BCUT2D eigenvalue weighted by molar-refractivity contribution is 0.0590. The lowest BCUT2D eigenvalue weighted by Gasteiger charge is -2.30. The summed E-state index contributed by atoms with van der Waals surface area (Å²) in [7, 11) is -2.49. The quantitative estimate of drug-likeness (QED) is 0.652. The highest BCUT2D eigenvalue weighted by Gasteiger charge is 2.32. The largest absolute Gasteiger partial charge is 0.501 e. The average molecular weight is 424 g/mol. The first-order chi connectivity index (χ1) is 13.8. The molecule has 0 saturated carbocycles. The molecule has 0 aromatic carbocycles. The van der Waals surface area contributed by atoms with Crippen LogP contribution >= 0.6 is 0 Å². The average Bonchev–Trinajstić information content (AvgIpc) is 3.08. The molecule has 0 spiro atoms. The van der Waals surface area contributed by atoms with Crippen LogP contribution in [0.2, 0.25) is 0 Å². The maximum atomic E-state index is 12.8. The molecule has 0 aliphatic carbocycles. The van der Waals surface area contributed by atoms with E-state index in [0.717, 1.165) is 11.5 Å². The van der Waals surface area contributed by atoms with Gasteiger partial charge in [0.25, 0.3) is 0 Å². The van der Waals surface area contributed by atoms with Crippen LogP contribution in [-0.4, -0.2) is 74.6 Å². The highest BCUT2D eigenvalue weighted by atomic mass is 32.2. The van der Waals surface area contributed by atoms with Gasteiger partial charge in [0.2, 0.25) is 15.8 Å². The number of morpholine rings is 1. The fourth-order valence-electron chi connectivity index (χ4n) is 3.53. The van der Waals surface area contributed by atoms with Gasteiger partial charge >= 0.3 is 11.5 Å². The first kappa shape index (κ1) is 19.5. The Labute approximate surface area is 166 Å². The van der Waals surface area contributed by atoms with E-state index in [0.29, 0.717) is 38.4 Å². The van der Waals surface area contributed by atoms with Crippen LogP contribution < -0.4 is 14.8 Å². The fraction of sp³-hybridized carbons (Fsp3) is 0.471. The molecule has 2 aliphatic rings. The lowest BCUT2D eigenvalue weighted by Crippen LogP contribution is -2.37. The maximum absolute atomic E-state index is 12.8. The Kier molecular flexibility index (Phi) is 4.82. The van der Waals surface area contributed by atoms with Crippen LogP contribution in [0.4, 0.5) is 11.4 Å². The van der Waals surface area contributed by atoms with Gasteiger partial charge in [0, 0.05) is 25.8 Å². The molecular weight excluding hydrogens is 404 g/mol. The standard InChI is InChI=1S/C17H20N4O7S/c1-27-17(24)13-14(22)16(23)20-10-11(19-4-6-28-7-5-19)9-12(15(20)18-13)21-3-2-8-29(21,25)26/h9-10,22H,2-8H2,1H3. The van der Waals surface area contributed by atoms with Gasteiger partial charge in [-0.15, -0.1) is 0 Å². The molecule has 2 fully saturated rings. The molecule has 2 aliphatic heterocycles. The van der Waals surface area contributed by atoms with Gasteiger partial charge in [0.1, 0.15) is 0 Å². The first-order valence-electron chi connectivity index (χ1n) is 9.04. The number of anilines is 2. The van der Waals surface area contributed by atoms with E-state index in [9.17, 15) is 23.1 Å². The Morgan fingerprint density at radius 2 is 2.00 bits per heavy atom. The van der Waals surface area contributed by atoms with Gasteiger partial charge in [0.15, 0.2) is 11.3 Å². The summed E-state index contributed by atoms with van der Waals surface area (Å²) in [5, 5.41) is 10.2. The molecule has 156 valence electrons. The number of hydrogen-bond acceptors (Lipinski definition) is 9. The van der Waals surface area contributed by atoms with Crippen molar-refractivity contribution >= 4 is 33.0 Å². The first-order valence-corrected chi connectivity index (χ1v) is 10.6. The molecule has 11 nitrogen and oxygen atoms in total. The third-order valence-electron chi connectivity index (χ3n) is 4.99. The zero-order valence-electron chi connectivity index (χ0n) is 15.7. The SMILES string of the molecule is COC(=O)c1nc2c(N3CCCS3(=O)=O)cc(N3CCOCC3)cn2c(=O)c1O. The molecule has 1 N–H and O–H groups in total. The van der Waals surface area contributed by atoms with Gasteiger partial charge < -0.3 is 19.5 Å². The molecule has 4 rings (SSSR count). The van der Waals surface area contributed by atoms with Gasteiger partial charge in [-0.3, -0.25) is 13.5 Å². The van der Waals surface area contributed by atoms with Crippen LogP contribution in [-0.2, 0) is 19.5 Å². The Morgan fingerprint density at radius 1 is 1.28 bits per heavy atom. The van der Waals surface area contributed by atoms with E-state index in [1.165, 1.54) is 10.5 Å². The molecule has 2 saturated heterocycles. The van der Waals surface area contributed by atoms with E-state index in [1.54, 1.807) is 6.07 Å². The molecule has 0 atom stereocenters. The van der Waals surface area contributed by atoms with Crippen molar-refractivity contribution in [2.24, 2.45) is 0 Å². The molecular formula is C17H20N4O7S. The van der Waals surface area contributed by atoms with E-state index in [2.05, 4.69) is 9.72 Å². The number of esters is 1. The molecule has 2 aromatic rings. The maximum Gasteiger partial charge on any atom is 0.360 e. The number of nitrogens with zero attached hydrogens (tertiary/aromatic N) is 4. The van der Waals surface area contributed by atoms with Gasteiger partial charge in [-0.25, -0.2) is 18.2 Å². The van der Waals surface area contributed by atoms with Gasteiger partial charge in [0.05, 0.1) is 37.5 Å². The Hall–Kier alpha value is -2.86.